The first-order valence-corrected chi connectivity index (χ1v) is 6.72. The van der Waals surface area contributed by atoms with Gasteiger partial charge in [-0.15, -0.1) is 0 Å². The molecule has 0 amide bonds. The molecule has 0 saturated carbocycles. The van der Waals surface area contributed by atoms with Crippen LogP contribution in [0.1, 0.15) is 13.3 Å². The maximum absolute atomic E-state index is 11.6. The highest BCUT2D eigenvalue weighted by molar-refractivity contribution is 9.09. The van der Waals surface area contributed by atoms with Crippen LogP contribution in [-0.2, 0) is 10.2 Å². The molecule has 0 N–H and O–H groups in total. The van der Waals surface area contributed by atoms with Gasteiger partial charge in [-0.1, -0.05) is 22.9 Å². The van der Waals surface area contributed by atoms with Gasteiger partial charge in [0.2, 0.25) is 0 Å². The molecule has 0 aliphatic carbocycles. The summed E-state index contributed by atoms with van der Waals surface area (Å²) in [5.41, 5.74) is 0. The van der Waals surface area contributed by atoms with E-state index in [1.807, 2.05) is 6.92 Å². The highest BCUT2D eigenvalue weighted by Gasteiger charge is 2.21. The Morgan fingerprint density at radius 2 is 1.85 bits per heavy atom. The molecular weight excluding hydrogens is 256 g/mol. The minimum absolute atomic E-state index is 0.521. The largest absolute Gasteiger partial charge is 0.281 e. The van der Waals surface area contributed by atoms with E-state index in [4.69, 9.17) is 0 Å². The summed E-state index contributed by atoms with van der Waals surface area (Å²) >= 11 is 3.28. The Kier molecular flexibility index (Phi) is 6.11. The quantitative estimate of drug-likeness (QED) is 0.675. The van der Waals surface area contributed by atoms with Crippen molar-refractivity contribution in [1.82, 2.24) is 8.61 Å². The van der Waals surface area contributed by atoms with Crippen LogP contribution >= 0.6 is 15.9 Å². The Morgan fingerprint density at radius 3 is 2.15 bits per heavy atom. The second-order valence-electron chi connectivity index (χ2n) is 2.82. The van der Waals surface area contributed by atoms with E-state index in [2.05, 4.69) is 15.9 Å². The Morgan fingerprint density at radius 1 is 1.31 bits per heavy atom. The molecule has 0 aromatic rings. The number of nitrogens with zero attached hydrogens (tertiary/aromatic N) is 2. The van der Waals surface area contributed by atoms with E-state index < -0.39 is 10.2 Å². The summed E-state index contributed by atoms with van der Waals surface area (Å²) in [6, 6.07) is 0. The Balaban J connectivity index is 4.39. The van der Waals surface area contributed by atoms with Gasteiger partial charge in [-0.2, -0.15) is 17.0 Å². The molecule has 0 aromatic heterocycles. The molecule has 0 saturated heterocycles. The van der Waals surface area contributed by atoms with Crippen molar-refractivity contribution in [2.45, 2.75) is 13.3 Å². The van der Waals surface area contributed by atoms with Crippen molar-refractivity contribution in [2.75, 3.05) is 32.5 Å². The van der Waals surface area contributed by atoms with Gasteiger partial charge in [-0.3, -0.25) is 0 Å². The van der Waals surface area contributed by atoms with Gasteiger partial charge in [0.05, 0.1) is 0 Å². The van der Waals surface area contributed by atoms with E-state index in [9.17, 15) is 8.42 Å². The average Bonchev–Trinajstić information content (AvgIpc) is 2.05. The maximum atomic E-state index is 11.6. The molecule has 6 heteroatoms. The predicted octanol–water partition coefficient (Wildman–Crippen LogP) is 0.900. The van der Waals surface area contributed by atoms with Gasteiger partial charge in [0.15, 0.2) is 0 Å². The van der Waals surface area contributed by atoms with Gasteiger partial charge < -0.3 is 0 Å². The van der Waals surface area contributed by atoms with E-state index >= 15 is 0 Å². The third-order valence-electron chi connectivity index (χ3n) is 1.68. The molecule has 80 valence electrons. The predicted molar refractivity (Wildman–Crippen MR) is 58.3 cm³/mol. The highest BCUT2D eigenvalue weighted by atomic mass is 79.9. The van der Waals surface area contributed by atoms with Crippen LogP contribution in [0.5, 0.6) is 0 Å². The smallest absolute Gasteiger partial charge is 0.195 e. The minimum Gasteiger partial charge on any atom is -0.195 e. The van der Waals surface area contributed by atoms with Crippen molar-refractivity contribution in [3.63, 3.8) is 0 Å². The minimum atomic E-state index is -3.22. The van der Waals surface area contributed by atoms with Gasteiger partial charge in [-0.25, -0.2) is 0 Å². The van der Waals surface area contributed by atoms with Crippen molar-refractivity contribution in [1.29, 1.82) is 0 Å². The van der Waals surface area contributed by atoms with E-state index in [0.29, 0.717) is 13.1 Å². The van der Waals surface area contributed by atoms with E-state index in [1.54, 1.807) is 14.1 Å². The summed E-state index contributed by atoms with van der Waals surface area (Å²) in [6.07, 6.45) is 0.834. The van der Waals surface area contributed by atoms with Crippen molar-refractivity contribution >= 4 is 26.1 Å². The first-order chi connectivity index (χ1) is 5.96. The third kappa shape index (κ3) is 3.93. The zero-order chi connectivity index (χ0) is 10.5. The van der Waals surface area contributed by atoms with Crippen molar-refractivity contribution < 1.29 is 8.42 Å². The Bertz CT molecular complexity index is 229. The summed E-state index contributed by atoms with van der Waals surface area (Å²) in [6.45, 7) is 2.94. The summed E-state index contributed by atoms with van der Waals surface area (Å²) < 4.78 is 25.9. The molecule has 0 aliphatic heterocycles. The lowest BCUT2D eigenvalue weighted by atomic mass is 10.5. The second kappa shape index (κ2) is 5.95. The van der Waals surface area contributed by atoms with Crippen molar-refractivity contribution in [2.24, 2.45) is 0 Å². The van der Waals surface area contributed by atoms with Gasteiger partial charge >= 0.3 is 0 Å². The summed E-state index contributed by atoms with van der Waals surface area (Å²) in [5, 5.41) is 0.826. The standard InChI is InChI=1S/C7H17BrN2O2S/c1-4-10(7-5-6-8)13(11,12)9(2)3/h4-7H2,1-3H3. The molecule has 0 heterocycles. The number of halogens is 1. The fourth-order valence-electron chi connectivity index (χ4n) is 0.904. The van der Waals surface area contributed by atoms with Crippen LogP contribution in [-0.4, -0.2) is 49.5 Å². The highest BCUT2D eigenvalue weighted by Crippen LogP contribution is 2.05. The van der Waals surface area contributed by atoms with Crippen molar-refractivity contribution in [3.8, 4) is 0 Å². The van der Waals surface area contributed by atoms with Crippen LogP contribution in [0.25, 0.3) is 0 Å². The van der Waals surface area contributed by atoms with Crippen LogP contribution in [0.2, 0.25) is 0 Å². The average molecular weight is 273 g/mol. The van der Waals surface area contributed by atoms with Crippen LogP contribution < -0.4 is 0 Å². The first-order valence-electron chi connectivity index (χ1n) is 4.20. The van der Waals surface area contributed by atoms with E-state index in [-0.39, 0.29) is 0 Å². The first kappa shape index (κ1) is 13.4. The fourth-order valence-corrected chi connectivity index (χ4v) is 2.30. The van der Waals surface area contributed by atoms with Gasteiger partial charge in [0, 0.05) is 32.5 Å². The normalized spacial score (nSPS) is 12.8. The zero-order valence-corrected chi connectivity index (χ0v) is 10.7. The molecule has 0 spiro atoms. The van der Waals surface area contributed by atoms with Crippen LogP contribution in [0.4, 0.5) is 0 Å². The molecule has 4 nitrogen and oxygen atoms in total. The number of alkyl halides is 1. The molecule has 0 radical (unpaired) electrons. The van der Waals surface area contributed by atoms with E-state index in [0.717, 1.165) is 11.8 Å². The monoisotopic (exact) mass is 272 g/mol. The topological polar surface area (TPSA) is 40.6 Å². The second-order valence-corrected chi connectivity index (χ2v) is 5.76. The molecule has 13 heavy (non-hydrogen) atoms. The van der Waals surface area contributed by atoms with Gasteiger partial charge in [0.25, 0.3) is 10.2 Å². The van der Waals surface area contributed by atoms with Crippen LogP contribution in [0, 0.1) is 0 Å². The summed E-state index contributed by atoms with van der Waals surface area (Å²) in [4.78, 5) is 0. The number of rotatable bonds is 6. The molecule has 0 atom stereocenters. The van der Waals surface area contributed by atoms with E-state index in [1.165, 1.54) is 8.61 Å². The Hall–Kier alpha value is 0.350. The molecule has 0 unspecified atom stereocenters. The molecule has 0 aromatic carbocycles. The number of hydrogen-bond acceptors (Lipinski definition) is 2. The zero-order valence-electron chi connectivity index (χ0n) is 8.33. The van der Waals surface area contributed by atoms with Gasteiger partial charge in [0.1, 0.15) is 0 Å². The summed E-state index contributed by atoms with van der Waals surface area (Å²) in [5.74, 6) is 0. The molecule has 0 fully saturated rings. The summed E-state index contributed by atoms with van der Waals surface area (Å²) in [7, 11) is -0.120. The van der Waals surface area contributed by atoms with Crippen molar-refractivity contribution in [3.05, 3.63) is 0 Å². The van der Waals surface area contributed by atoms with Crippen LogP contribution in [0.15, 0.2) is 0 Å². The maximum Gasteiger partial charge on any atom is 0.281 e. The lowest BCUT2D eigenvalue weighted by molar-refractivity contribution is 0.387. The van der Waals surface area contributed by atoms with Gasteiger partial charge in [-0.05, 0) is 6.42 Å². The molecule has 0 rings (SSSR count). The SMILES string of the molecule is CCN(CCCBr)S(=O)(=O)N(C)C. The lowest BCUT2D eigenvalue weighted by Gasteiger charge is -2.23. The van der Waals surface area contributed by atoms with Crippen LogP contribution in [0.3, 0.4) is 0 Å². The number of hydrogen-bond donors (Lipinski definition) is 0. The Labute approximate surface area is 89.2 Å². The molecule has 0 bridgehead atoms. The lowest BCUT2D eigenvalue weighted by Crippen LogP contribution is -2.40. The fraction of sp³-hybridized carbons (Fsp3) is 1.00. The molecule has 0 aliphatic rings. The molecular formula is C7H17BrN2O2S. The third-order valence-corrected chi connectivity index (χ3v) is 4.26.